The number of piperazine rings is 1. The Kier molecular flexibility index (Phi) is 3.80. The van der Waals surface area contributed by atoms with Gasteiger partial charge in [0, 0.05) is 18.6 Å². The van der Waals surface area contributed by atoms with Crippen LogP contribution in [0.3, 0.4) is 0 Å². The summed E-state index contributed by atoms with van der Waals surface area (Å²) in [5.74, 6) is 1.01. The van der Waals surface area contributed by atoms with Crippen molar-refractivity contribution in [2.24, 2.45) is 0 Å². The number of thioether (sulfide) groups is 1. The molecule has 0 aromatic heterocycles. The molecule has 0 unspecified atom stereocenters. The molecule has 4 heteroatoms. The van der Waals surface area contributed by atoms with Gasteiger partial charge in [-0.2, -0.15) is 0 Å². The molecule has 0 aromatic carbocycles. The smallest absolute Gasteiger partial charge is 0.233 e. The molecule has 2 fully saturated rings. The van der Waals surface area contributed by atoms with Gasteiger partial charge in [0.1, 0.15) is 0 Å². The monoisotopic (exact) mass is 242 g/mol. The average molecular weight is 242 g/mol. The highest BCUT2D eigenvalue weighted by Gasteiger charge is 2.46. The van der Waals surface area contributed by atoms with Gasteiger partial charge in [0.25, 0.3) is 0 Å². The van der Waals surface area contributed by atoms with E-state index in [1.807, 2.05) is 11.8 Å². The predicted molar refractivity (Wildman–Crippen MR) is 68.5 cm³/mol. The highest BCUT2D eigenvalue weighted by atomic mass is 32.2. The van der Waals surface area contributed by atoms with Gasteiger partial charge in [-0.3, -0.25) is 4.79 Å². The summed E-state index contributed by atoms with van der Waals surface area (Å²) in [6, 6.07) is 0. The van der Waals surface area contributed by atoms with Gasteiger partial charge in [0.05, 0.1) is 11.1 Å². The molecule has 0 radical (unpaired) electrons. The van der Waals surface area contributed by atoms with E-state index in [0.717, 1.165) is 13.1 Å². The minimum absolute atomic E-state index is 0.129. The first kappa shape index (κ1) is 12.2. The van der Waals surface area contributed by atoms with E-state index in [0.29, 0.717) is 17.0 Å². The Morgan fingerprint density at radius 2 is 2.38 bits per heavy atom. The minimum atomic E-state index is 0.129. The van der Waals surface area contributed by atoms with Crippen molar-refractivity contribution in [3.8, 4) is 0 Å². The molecule has 1 amide bonds. The van der Waals surface area contributed by atoms with Gasteiger partial charge in [-0.05, 0) is 13.3 Å². The van der Waals surface area contributed by atoms with Crippen LogP contribution in [0.2, 0.25) is 0 Å². The molecule has 0 aliphatic carbocycles. The second-order valence-electron chi connectivity index (χ2n) is 5.05. The van der Waals surface area contributed by atoms with E-state index >= 15 is 0 Å². The van der Waals surface area contributed by atoms with E-state index in [-0.39, 0.29) is 5.54 Å². The summed E-state index contributed by atoms with van der Waals surface area (Å²) in [6.07, 6.45) is 5.00. The van der Waals surface area contributed by atoms with Gasteiger partial charge in [-0.15, -0.1) is 11.8 Å². The molecule has 1 N–H and O–H groups in total. The van der Waals surface area contributed by atoms with E-state index < -0.39 is 0 Å². The van der Waals surface area contributed by atoms with E-state index in [2.05, 4.69) is 24.1 Å². The van der Waals surface area contributed by atoms with Crippen LogP contribution in [-0.4, -0.2) is 40.6 Å². The van der Waals surface area contributed by atoms with Crippen LogP contribution < -0.4 is 5.32 Å². The Hall–Kier alpha value is -0.220. The summed E-state index contributed by atoms with van der Waals surface area (Å²) < 4.78 is 0. The Bertz CT molecular complexity index is 272. The molecule has 2 heterocycles. The molecule has 16 heavy (non-hydrogen) atoms. The number of carbonyl (C=O) groups excluding carboxylic acids is 1. The molecule has 0 aromatic rings. The van der Waals surface area contributed by atoms with Crippen LogP contribution >= 0.6 is 11.8 Å². The van der Waals surface area contributed by atoms with E-state index in [1.165, 1.54) is 25.7 Å². The van der Waals surface area contributed by atoms with Crippen LogP contribution in [0.1, 0.15) is 39.5 Å². The van der Waals surface area contributed by atoms with Crippen LogP contribution in [0.4, 0.5) is 0 Å². The summed E-state index contributed by atoms with van der Waals surface area (Å²) in [5.41, 5.74) is 0.129. The van der Waals surface area contributed by atoms with Gasteiger partial charge in [-0.25, -0.2) is 0 Å². The number of hydrogen-bond donors (Lipinski definition) is 1. The molecule has 0 bridgehead atoms. The minimum Gasteiger partial charge on any atom is -0.327 e. The van der Waals surface area contributed by atoms with Crippen molar-refractivity contribution >= 4 is 17.7 Å². The molecule has 2 saturated heterocycles. The van der Waals surface area contributed by atoms with Crippen LogP contribution in [-0.2, 0) is 4.79 Å². The molecule has 0 saturated carbocycles. The summed E-state index contributed by atoms with van der Waals surface area (Å²) in [6.45, 7) is 6.35. The standard InChI is InChI=1S/C12H22N2OS/c1-3-4-5-6-12(2)11-14(8-7-13-12)10(15)9-16-11/h11,13H,3-9H2,1-2H3/t11-,12-/m1/s1. The lowest BCUT2D eigenvalue weighted by Gasteiger charge is -2.45. The lowest BCUT2D eigenvalue weighted by molar-refractivity contribution is -0.130. The van der Waals surface area contributed by atoms with Crippen molar-refractivity contribution in [2.75, 3.05) is 18.8 Å². The van der Waals surface area contributed by atoms with Crippen molar-refractivity contribution in [3.05, 3.63) is 0 Å². The zero-order valence-electron chi connectivity index (χ0n) is 10.3. The normalized spacial score (nSPS) is 34.2. The van der Waals surface area contributed by atoms with Crippen molar-refractivity contribution in [1.82, 2.24) is 10.2 Å². The first-order valence-corrected chi connectivity index (χ1v) is 7.38. The molecular formula is C12H22N2OS. The predicted octanol–water partition coefficient (Wildman–Crippen LogP) is 1.83. The molecule has 2 rings (SSSR count). The molecule has 2 atom stereocenters. The zero-order chi connectivity index (χ0) is 11.6. The fourth-order valence-corrected chi connectivity index (χ4v) is 4.17. The maximum absolute atomic E-state index is 11.7. The fourth-order valence-electron chi connectivity index (χ4n) is 2.73. The summed E-state index contributed by atoms with van der Waals surface area (Å²) in [7, 11) is 0. The number of hydrogen-bond acceptors (Lipinski definition) is 3. The zero-order valence-corrected chi connectivity index (χ0v) is 11.1. The van der Waals surface area contributed by atoms with Crippen molar-refractivity contribution in [3.63, 3.8) is 0 Å². The Morgan fingerprint density at radius 3 is 3.12 bits per heavy atom. The van der Waals surface area contributed by atoms with E-state index in [4.69, 9.17) is 0 Å². The van der Waals surface area contributed by atoms with Gasteiger partial charge < -0.3 is 10.2 Å². The highest BCUT2D eigenvalue weighted by molar-refractivity contribution is 8.01. The van der Waals surface area contributed by atoms with Crippen LogP contribution in [0.15, 0.2) is 0 Å². The van der Waals surface area contributed by atoms with Crippen molar-refractivity contribution in [2.45, 2.75) is 50.4 Å². The molecule has 2 aliphatic heterocycles. The lowest BCUT2D eigenvalue weighted by atomic mass is 9.91. The summed E-state index contributed by atoms with van der Waals surface area (Å²) in [5, 5.41) is 4.00. The number of fused-ring (bicyclic) bond motifs is 1. The van der Waals surface area contributed by atoms with Crippen molar-refractivity contribution < 1.29 is 4.79 Å². The quantitative estimate of drug-likeness (QED) is 0.763. The second-order valence-corrected chi connectivity index (χ2v) is 6.12. The first-order valence-electron chi connectivity index (χ1n) is 6.33. The third-order valence-corrected chi connectivity index (χ3v) is 5.20. The molecule has 0 spiro atoms. The maximum Gasteiger partial charge on any atom is 0.233 e. The van der Waals surface area contributed by atoms with Gasteiger partial charge >= 0.3 is 0 Å². The van der Waals surface area contributed by atoms with E-state index in [9.17, 15) is 4.79 Å². The fraction of sp³-hybridized carbons (Fsp3) is 0.917. The van der Waals surface area contributed by atoms with Crippen LogP contribution in [0.5, 0.6) is 0 Å². The number of amides is 1. The number of carbonyl (C=O) groups is 1. The van der Waals surface area contributed by atoms with Gasteiger partial charge in [-0.1, -0.05) is 26.2 Å². The van der Waals surface area contributed by atoms with Gasteiger partial charge in [0.15, 0.2) is 0 Å². The van der Waals surface area contributed by atoms with Crippen molar-refractivity contribution in [1.29, 1.82) is 0 Å². The van der Waals surface area contributed by atoms with Crippen LogP contribution in [0.25, 0.3) is 0 Å². The first-order chi connectivity index (χ1) is 7.67. The number of nitrogens with zero attached hydrogens (tertiary/aromatic N) is 1. The third kappa shape index (κ3) is 2.23. The lowest BCUT2D eigenvalue weighted by Crippen LogP contribution is -2.63. The SMILES string of the molecule is CCCCC[C@@]1(C)NCCN2C(=O)CS[C@@H]21. The third-order valence-electron chi connectivity index (χ3n) is 3.69. The van der Waals surface area contributed by atoms with E-state index in [1.54, 1.807) is 0 Å². The highest BCUT2D eigenvalue weighted by Crippen LogP contribution is 2.37. The summed E-state index contributed by atoms with van der Waals surface area (Å²) >= 11 is 1.81. The molecular weight excluding hydrogens is 220 g/mol. The topological polar surface area (TPSA) is 32.3 Å². The maximum atomic E-state index is 11.7. The molecule has 92 valence electrons. The Morgan fingerprint density at radius 1 is 1.56 bits per heavy atom. The van der Waals surface area contributed by atoms with Gasteiger partial charge in [0.2, 0.25) is 5.91 Å². The largest absolute Gasteiger partial charge is 0.327 e. The molecule has 2 aliphatic rings. The second kappa shape index (κ2) is 4.96. The number of rotatable bonds is 4. The molecule has 3 nitrogen and oxygen atoms in total. The Labute approximate surface area is 102 Å². The average Bonchev–Trinajstić information content (AvgIpc) is 2.63. The number of unbranched alkanes of at least 4 members (excludes halogenated alkanes) is 2. The Balaban J connectivity index is 1.99. The van der Waals surface area contributed by atoms with Crippen LogP contribution in [0, 0.1) is 0 Å². The summed E-state index contributed by atoms with van der Waals surface area (Å²) in [4.78, 5) is 13.8. The number of nitrogens with one attached hydrogen (secondary N) is 1.